The summed E-state index contributed by atoms with van der Waals surface area (Å²) in [4.78, 5) is 0. The summed E-state index contributed by atoms with van der Waals surface area (Å²) in [6.07, 6.45) is 8.04. The zero-order valence-corrected chi connectivity index (χ0v) is 18.3. The second-order valence-electron chi connectivity index (χ2n) is 8.64. The molecule has 0 spiro atoms. The summed E-state index contributed by atoms with van der Waals surface area (Å²) in [6, 6.07) is 19.2. The summed E-state index contributed by atoms with van der Waals surface area (Å²) >= 11 is 3.56. The molecular weight excluding hydrogens is 412 g/mol. The Morgan fingerprint density at radius 1 is 0.929 bits per heavy atom. The fourth-order valence-electron chi connectivity index (χ4n) is 5.94. The largest absolute Gasteiger partial charge is 0.396 e. The van der Waals surface area contributed by atoms with Gasteiger partial charge in [0.15, 0.2) is 0 Å². The first-order chi connectivity index (χ1) is 13.7. The molecule has 2 fully saturated rings. The minimum atomic E-state index is -0.214. The minimum Gasteiger partial charge on any atom is -0.396 e. The number of hydrogen-bond acceptors (Lipinski definition) is 2. The van der Waals surface area contributed by atoms with Crippen LogP contribution in [0.4, 0.5) is 0 Å². The number of aliphatic hydroxyl groups is 1. The van der Waals surface area contributed by atoms with Crippen LogP contribution in [0.1, 0.15) is 75.2 Å². The Labute approximate surface area is 177 Å². The molecule has 2 nitrogen and oxygen atoms in total. The molecule has 2 aliphatic rings. The molecule has 2 aromatic rings. The molecule has 150 valence electrons. The first kappa shape index (κ1) is 20.1. The van der Waals surface area contributed by atoms with E-state index in [1.165, 1.54) is 36.8 Å². The van der Waals surface area contributed by atoms with Gasteiger partial charge < -0.3 is 9.84 Å². The van der Waals surface area contributed by atoms with E-state index in [0.29, 0.717) is 0 Å². The quantitative estimate of drug-likeness (QED) is 0.521. The Morgan fingerprint density at radius 2 is 1.54 bits per heavy atom. The Balaban J connectivity index is 1.86. The molecule has 0 bridgehead atoms. The van der Waals surface area contributed by atoms with Gasteiger partial charge in [0.25, 0.3) is 0 Å². The van der Waals surface area contributed by atoms with E-state index < -0.39 is 0 Å². The number of hydrogen-bond donors (Lipinski definition) is 1. The topological polar surface area (TPSA) is 29.5 Å². The number of unbranched alkanes of at least 4 members (excludes halogenated alkanes) is 1. The lowest BCUT2D eigenvalue weighted by molar-refractivity contribution is -0.0578. The predicted octanol–water partition coefficient (Wildman–Crippen LogP) is 6.99. The van der Waals surface area contributed by atoms with E-state index in [1.807, 2.05) is 0 Å². The van der Waals surface area contributed by atoms with Crippen molar-refractivity contribution in [1.82, 2.24) is 0 Å². The molecule has 4 atom stereocenters. The molecule has 0 radical (unpaired) electrons. The number of rotatable bonds is 6. The van der Waals surface area contributed by atoms with Gasteiger partial charge in [-0.1, -0.05) is 91.0 Å². The van der Waals surface area contributed by atoms with Crippen LogP contribution in [0.25, 0.3) is 0 Å². The van der Waals surface area contributed by atoms with Crippen molar-refractivity contribution in [2.24, 2.45) is 10.8 Å². The van der Waals surface area contributed by atoms with Crippen molar-refractivity contribution in [2.45, 2.75) is 64.1 Å². The summed E-state index contributed by atoms with van der Waals surface area (Å²) in [7, 11) is 0. The number of halogens is 1. The van der Waals surface area contributed by atoms with Crippen molar-refractivity contribution in [3.63, 3.8) is 0 Å². The van der Waals surface area contributed by atoms with E-state index in [-0.39, 0.29) is 29.6 Å². The molecule has 0 aromatic heterocycles. The standard InChI is InChI=1S/C25H31BrO2/c1-2-3-15-24-16-7-8-17-25(24,18-27)23(20-11-13-21(26)14-12-20)28-22(24)19-9-5-4-6-10-19/h4-6,9-14,22-23,27H,2-3,7-8,15-18H2,1H3/t22-,23+,24-,25-/m1/s1. The van der Waals surface area contributed by atoms with E-state index in [0.717, 1.165) is 23.7 Å². The maximum absolute atomic E-state index is 10.9. The van der Waals surface area contributed by atoms with Crippen molar-refractivity contribution in [3.05, 3.63) is 70.2 Å². The molecule has 1 saturated heterocycles. The van der Waals surface area contributed by atoms with E-state index >= 15 is 0 Å². The number of aliphatic hydroxyl groups excluding tert-OH is 1. The van der Waals surface area contributed by atoms with Crippen molar-refractivity contribution >= 4 is 15.9 Å². The van der Waals surface area contributed by atoms with Crippen LogP contribution in [0, 0.1) is 10.8 Å². The molecular formula is C25H31BrO2. The summed E-state index contributed by atoms with van der Waals surface area (Å²) < 4.78 is 8.02. The van der Waals surface area contributed by atoms with Crippen LogP contribution in [0.5, 0.6) is 0 Å². The highest BCUT2D eigenvalue weighted by Gasteiger charge is 2.66. The van der Waals surface area contributed by atoms with E-state index in [9.17, 15) is 5.11 Å². The molecule has 1 heterocycles. The van der Waals surface area contributed by atoms with Crippen LogP contribution in [-0.4, -0.2) is 11.7 Å². The van der Waals surface area contributed by atoms with Gasteiger partial charge in [0.05, 0.1) is 18.8 Å². The normalized spacial score (nSPS) is 32.2. The molecule has 3 heteroatoms. The lowest BCUT2D eigenvalue weighted by Crippen LogP contribution is -2.48. The first-order valence-corrected chi connectivity index (χ1v) is 11.5. The van der Waals surface area contributed by atoms with Crippen LogP contribution in [0.2, 0.25) is 0 Å². The second kappa shape index (κ2) is 8.30. The van der Waals surface area contributed by atoms with Gasteiger partial charge in [-0.05, 0) is 42.5 Å². The predicted molar refractivity (Wildman–Crippen MR) is 117 cm³/mol. The molecule has 4 rings (SSSR count). The molecule has 1 saturated carbocycles. The molecule has 1 aliphatic heterocycles. The zero-order chi connectivity index (χ0) is 19.6. The molecule has 0 amide bonds. The molecule has 2 aromatic carbocycles. The maximum Gasteiger partial charge on any atom is 0.0918 e. The van der Waals surface area contributed by atoms with Gasteiger partial charge in [0.2, 0.25) is 0 Å². The van der Waals surface area contributed by atoms with Crippen LogP contribution in [0.3, 0.4) is 0 Å². The monoisotopic (exact) mass is 442 g/mol. The summed E-state index contributed by atoms with van der Waals surface area (Å²) in [5.41, 5.74) is 2.24. The van der Waals surface area contributed by atoms with Gasteiger partial charge in [-0.3, -0.25) is 0 Å². The van der Waals surface area contributed by atoms with Crippen molar-refractivity contribution in [2.75, 3.05) is 6.61 Å². The summed E-state index contributed by atoms with van der Waals surface area (Å²) in [5.74, 6) is 0. The minimum absolute atomic E-state index is 0.00486. The average Bonchev–Trinajstić information content (AvgIpc) is 3.05. The summed E-state index contributed by atoms with van der Waals surface area (Å²) in [5, 5.41) is 10.9. The molecule has 0 unspecified atom stereocenters. The maximum atomic E-state index is 10.9. The first-order valence-electron chi connectivity index (χ1n) is 10.7. The summed E-state index contributed by atoms with van der Waals surface area (Å²) in [6.45, 7) is 2.46. The highest BCUT2D eigenvalue weighted by Crippen LogP contribution is 2.71. The second-order valence-corrected chi connectivity index (χ2v) is 9.56. The van der Waals surface area contributed by atoms with Crippen LogP contribution in [-0.2, 0) is 4.74 Å². The Kier molecular flexibility index (Phi) is 5.96. The van der Waals surface area contributed by atoms with Gasteiger partial charge >= 0.3 is 0 Å². The number of fused-ring (bicyclic) bond motifs is 1. The van der Waals surface area contributed by atoms with Crippen LogP contribution >= 0.6 is 15.9 Å². The van der Waals surface area contributed by atoms with Crippen molar-refractivity contribution in [1.29, 1.82) is 0 Å². The van der Waals surface area contributed by atoms with Crippen LogP contribution < -0.4 is 0 Å². The average molecular weight is 443 g/mol. The van der Waals surface area contributed by atoms with Gasteiger partial charge in [0.1, 0.15) is 0 Å². The fraction of sp³-hybridized carbons (Fsp3) is 0.520. The Bertz CT molecular complexity index is 775. The SMILES string of the molecule is CCCC[C@]12CCCC[C@@]1(CO)[C@H](c1ccc(Br)cc1)O[C@@H]2c1ccccc1. The highest BCUT2D eigenvalue weighted by molar-refractivity contribution is 9.10. The van der Waals surface area contributed by atoms with Crippen molar-refractivity contribution < 1.29 is 9.84 Å². The third-order valence-electron chi connectivity index (χ3n) is 7.30. The van der Waals surface area contributed by atoms with Gasteiger partial charge in [0, 0.05) is 15.3 Å². The van der Waals surface area contributed by atoms with Gasteiger partial charge in [-0.25, -0.2) is 0 Å². The third-order valence-corrected chi connectivity index (χ3v) is 7.83. The van der Waals surface area contributed by atoms with E-state index in [2.05, 4.69) is 77.5 Å². The Morgan fingerprint density at radius 3 is 2.18 bits per heavy atom. The fourth-order valence-corrected chi connectivity index (χ4v) is 6.20. The third kappa shape index (κ3) is 3.16. The lowest BCUT2D eigenvalue weighted by atomic mass is 9.50. The van der Waals surface area contributed by atoms with Crippen molar-refractivity contribution in [3.8, 4) is 0 Å². The number of benzene rings is 2. The molecule has 1 N–H and O–H groups in total. The van der Waals surface area contributed by atoms with Gasteiger partial charge in [-0.15, -0.1) is 0 Å². The Hall–Kier alpha value is -1.16. The van der Waals surface area contributed by atoms with E-state index in [4.69, 9.17) is 4.74 Å². The van der Waals surface area contributed by atoms with Crippen LogP contribution in [0.15, 0.2) is 59.1 Å². The van der Waals surface area contributed by atoms with Gasteiger partial charge in [-0.2, -0.15) is 0 Å². The molecule has 1 aliphatic carbocycles. The zero-order valence-electron chi connectivity index (χ0n) is 16.7. The van der Waals surface area contributed by atoms with E-state index in [1.54, 1.807) is 0 Å². The number of ether oxygens (including phenoxy) is 1. The molecule has 28 heavy (non-hydrogen) atoms. The lowest BCUT2D eigenvalue weighted by Gasteiger charge is -2.51. The smallest absolute Gasteiger partial charge is 0.0918 e. The highest BCUT2D eigenvalue weighted by atomic mass is 79.9.